The smallest absolute Gasteiger partial charge is 0.265 e. The van der Waals surface area contributed by atoms with Crippen molar-refractivity contribution in [3.05, 3.63) is 0 Å². The number of alkyl halides is 2. The molecule has 1 saturated heterocycles. The van der Waals surface area contributed by atoms with Crippen molar-refractivity contribution in [2.45, 2.75) is 3.23 Å². The fraction of sp³-hybridized carbons (Fsp3) is 0.714. The Hall–Kier alpha value is -0.120. The molecule has 1 heterocycles. The average Bonchev–Trinajstić information content (AvgIpc) is 2.18. The summed E-state index contributed by atoms with van der Waals surface area (Å²) in [7, 11) is 0. The third kappa shape index (κ3) is 2.66. The normalized spacial score (nSPS) is 18.1. The van der Waals surface area contributed by atoms with E-state index in [4.69, 9.17) is 10.00 Å². The first kappa shape index (κ1) is 11.0. The number of amides is 1. The number of morpholine rings is 1. The summed E-state index contributed by atoms with van der Waals surface area (Å²) < 4.78 is 3.81. The first-order chi connectivity index (χ1) is 6.08. The zero-order valence-corrected chi connectivity index (χ0v) is 9.97. The number of carbonyl (C=O) groups is 1. The van der Waals surface area contributed by atoms with Crippen LogP contribution in [0.25, 0.3) is 0 Å². The van der Waals surface area contributed by atoms with Crippen molar-refractivity contribution in [3.8, 4) is 6.07 Å². The molecule has 1 fully saturated rings. The minimum Gasteiger partial charge on any atom is -0.378 e. The van der Waals surface area contributed by atoms with Crippen LogP contribution in [0.2, 0.25) is 0 Å². The molecule has 0 aromatic heterocycles. The van der Waals surface area contributed by atoms with Gasteiger partial charge in [0.1, 0.15) is 6.07 Å². The maximum Gasteiger partial charge on any atom is 0.265 e. The van der Waals surface area contributed by atoms with Gasteiger partial charge in [0.25, 0.3) is 5.91 Å². The average molecular weight is 312 g/mol. The van der Waals surface area contributed by atoms with Gasteiger partial charge in [-0.05, 0) is 31.9 Å². The Balaban J connectivity index is 2.61. The number of nitrogens with zero attached hydrogens (tertiary/aromatic N) is 2. The van der Waals surface area contributed by atoms with Crippen LogP contribution in [0.4, 0.5) is 0 Å². The fourth-order valence-electron chi connectivity index (χ4n) is 1.01. The SMILES string of the molecule is N#CC(Br)(Br)C(=O)N1CCOCC1. The molecular formula is C7H8Br2N2O2. The number of halogens is 2. The maximum atomic E-state index is 11.6. The van der Waals surface area contributed by atoms with Gasteiger partial charge >= 0.3 is 0 Å². The van der Waals surface area contributed by atoms with E-state index in [9.17, 15) is 4.79 Å². The van der Waals surface area contributed by atoms with Gasteiger partial charge in [0.15, 0.2) is 0 Å². The lowest BCUT2D eigenvalue weighted by molar-refractivity contribution is -0.134. The van der Waals surface area contributed by atoms with Crippen molar-refractivity contribution in [2.24, 2.45) is 0 Å². The Bertz CT molecular complexity index is 243. The molecule has 0 radical (unpaired) electrons. The van der Waals surface area contributed by atoms with Crippen LogP contribution in [0.3, 0.4) is 0 Å². The van der Waals surface area contributed by atoms with Gasteiger partial charge in [-0.25, -0.2) is 0 Å². The summed E-state index contributed by atoms with van der Waals surface area (Å²) in [5, 5.41) is 8.67. The molecule has 1 aliphatic heterocycles. The van der Waals surface area contributed by atoms with Crippen molar-refractivity contribution in [2.75, 3.05) is 26.3 Å². The number of hydrogen-bond donors (Lipinski definition) is 0. The van der Waals surface area contributed by atoms with Crippen molar-refractivity contribution in [1.29, 1.82) is 5.26 Å². The lowest BCUT2D eigenvalue weighted by atomic mass is 10.3. The van der Waals surface area contributed by atoms with Gasteiger partial charge in [0.05, 0.1) is 13.2 Å². The fourth-order valence-corrected chi connectivity index (χ4v) is 1.51. The third-order valence-corrected chi connectivity index (χ3v) is 2.74. The van der Waals surface area contributed by atoms with Gasteiger partial charge in [-0.3, -0.25) is 4.79 Å². The molecule has 1 amide bonds. The molecule has 0 bridgehead atoms. The maximum absolute atomic E-state index is 11.6. The second-order valence-electron chi connectivity index (χ2n) is 2.59. The van der Waals surface area contributed by atoms with E-state index < -0.39 is 3.23 Å². The Morgan fingerprint density at radius 3 is 2.46 bits per heavy atom. The summed E-state index contributed by atoms with van der Waals surface area (Å²) in [5.41, 5.74) is 0. The molecule has 0 aromatic carbocycles. The molecule has 6 heteroatoms. The van der Waals surface area contributed by atoms with E-state index in [1.807, 2.05) is 6.07 Å². The third-order valence-electron chi connectivity index (χ3n) is 1.71. The van der Waals surface area contributed by atoms with Gasteiger partial charge in [-0.1, -0.05) is 0 Å². The molecule has 0 aliphatic carbocycles. The lowest BCUT2D eigenvalue weighted by Crippen LogP contribution is -2.46. The molecule has 0 aromatic rings. The molecule has 1 rings (SSSR count). The van der Waals surface area contributed by atoms with E-state index in [0.29, 0.717) is 26.3 Å². The van der Waals surface area contributed by atoms with Crippen LogP contribution in [-0.4, -0.2) is 40.3 Å². The van der Waals surface area contributed by atoms with Crippen molar-refractivity contribution >= 4 is 37.8 Å². The van der Waals surface area contributed by atoms with Crippen LogP contribution in [0.5, 0.6) is 0 Å². The summed E-state index contributed by atoms with van der Waals surface area (Å²) in [6.07, 6.45) is 0. The molecule has 4 nitrogen and oxygen atoms in total. The van der Waals surface area contributed by atoms with Crippen LogP contribution in [-0.2, 0) is 9.53 Å². The number of ether oxygens (including phenoxy) is 1. The first-order valence-corrected chi connectivity index (χ1v) is 5.33. The van der Waals surface area contributed by atoms with Gasteiger partial charge in [0, 0.05) is 13.1 Å². The monoisotopic (exact) mass is 310 g/mol. The predicted molar refractivity (Wildman–Crippen MR) is 53.6 cm³/mol. The van der Waals surface area contributed by atoms with Crippen LogP contribution >= 0.6 is 31.9 Å². The molecule has 0 unspecified atom stereocenters. The predicted octanol–water partition coefficient (Wildman–Crippen LogP) is 0.855. The van der Waals surface area contributed by atoms with Crippen LogP contribution in [0.1, 0.15) is 0 Å². The molecular weight excluding hydrogens is 304 g/mol. The Labute approximate surface area is 93.1 Å². The number of rotatable bonds is 1. The van der Waals surface area contributed by atoms with E-state index >= 15 is 0 Å². The zero-order valence-electron chi connectivity index (χ0n) is 6.80. The highest BCUT2D eigenvalue weighted by atomic mass is 79.9. The highest BCUT2D eigenvalue weighted by molar-refractivity contribution is 9.26. The highest BCUT2D eigenvalue weighted by Gasteiger charge is 2.36. The summed E-state index contributed by atoms with van der Waals surface area (Å²) in [6.45, 7) is 2.15. The van der Waals surface area contributed by atoms with Gasteiger partial charge in [0.2, 0.25) is 3.23 Å². The van der Waals surface area contributed by atoms with E-state index in [-0.39, 0.29) is 5.91 Å². The summed E-state index contributed by atoms with van der Waals surface area (Å²) in [5.74, 6) is -0.265. The topological polar surface area (TPSA) is 53.3 Å². The van der Waals surface area contributed by atoms with Gasteiger partial charge < -0.3 is 9.64 Å². The van der Waals surface area contributed by atoms with Crippen molar-refractivity contribution < 1.29 is 9.53 Å². The largest absolute Gasteiger partial charge is 0.378 e. The zero-order chi connectivity index (χ0) is 9.90. The van der Waals surface area contributed by atoms with Gasteiger partial charge in [-0.2, -0.15) is 5.26 Å². The van der Waals surface area contributed by atoms with Crippen molar-refractivity contribution in [1.82, 2.24) is 4.90 Å². The Morgan fingerprint density at radius 1 is 1.46 bits per heavy atom. The first-order valence-electron chi connectivity index (χ1n) is 3.74. The molecule has 0 atom stereocenters. The number of carbonyl (C=O) groups excluding carboxylic acids is 1. The Kier molecular flexibility index (Phi) is 3.71. The van der Waals surface area contributed by atoms with Crippen molar-refractivity contribution in [3.63, 3.8) is 0 Å². The standard InChI is InChI=1S/C7H8Br2N2O2/c8-7(9,5-10)6(12)11-1-3-13-4-2-11/h1-4H2. The van der Waals surface area contributed by atoms with E-state index in [2.05, 4.69) is 31.9 Å². The van der Waals surface area contributed by atoms with Crippen LogP contribution < -0.4 is 0 Å². The highest BCUT2D eigenvalue weighted by Crippen LogP contribution is 2.27. The number of hydrogen-bond acceptors (Lipinski definition) is 3. The van der Waals surface area contributed by atoms with Crippen LogP contribution in [0, 0.1) is 11.3 Å². The van der Waals surface area contributed by atoms with Gasteiger partial charge in [-0.15, -0.1) is 0 Å². The molecule has 0 spiro atoms. The second kappa shape index (κ2) is 4.40. The summed E-state index contributed by atoms with van der Waals surface area (Å²) in [4.78, 5) is 13.2. The van der Waals surface area contributed by atoms with Crippen LogP contribution in [0.15, 0.2) is 0 Å². The summed E-state index contributed by atoms with van der Waals surface area (Å²) >= 11 is 6.01. The minimum atomic E-state index is -1.28. The minimum absolute atomic E-state index is 0.265. The second-order valence-corrected chi connectivity index (χ2v) is 6.03. The van der Waals surface area contributed by atoms with E-state index in [0.717, 1.165) is 0 Å². The lowest BCUT2D eigenvalue weighted by Gasteiger charge is -2.29. The number of nitriles is 1. The molecule has 0 N–H and O–H groups in total. The summed E-state index contributed by atoms with van der Waals surface area (Å²) in [6, 6.07) is 1.84. The van der Waals surface area contributed by atoms with E-state index in [1.165, 1.54) is 0 Å². The Morgan fingerprint density at radius 2 is 2.00 bits per heavy atom. The quantitative estimate of drug-likeness (QED) is 0.675. The van der Waals surface area contributed by atoms with E-state index in [1.54, 1.807) is 4.90 Å². The molecule has 1 aliphatic rings. The molecule has 72 valence electrons. The molecule has 13 heavy (non-hydrogen) atoms. The molecule has 0 saturated carbocycles.